The molecule has 0 aliphatic carbocycles. The van der Waals surface area contributed by atoms with Gasteiger partial charge in [0.25, 0.3) is 0 Å². The molecule has 0 aromatic heterocycles. The minimum absolute atomic E-state index is 0.267. The number of carbonyl (C=O) groups is 1. The summed E-state index contributed by atoms with van der Waals surface area (Å²) < 4.78 is 16.0. The van der Waals surface area contributed by atoms with E-state index in [-0.39, 0.29) is 5.92 Å². The van der Waals surface area contributed by atoms with Crippen molar-refractivity contribution in [3.05, 3.63) is 96.6 Å². The fraction of sp³-hybridized carbons (Fsp3) is 0.452. The number of ether oxygens (including phenoxy) is 3. The summed E-state index contributed by atoms with van der Waals surface area (Å²) in [4.78, 5) is 8.00. The van der Waals surface area contributed by atoms with Gasteiger partial charge in [0.05, 0.1) is 13.7 Å². The number of allylic oxidation sites excluding steroid dienone is 9. The van der Waals surface area contributed by atoms with Crippen LogP contribution in [0.1, 0.15) is 54.4 Å². The molecule has 2 atom stereocenters. The van der Waals surface area contributed by atoms with Crippen LogP contribution in [0, 0.1) is 11.8 Å². The first-order valence-corrected chi connectivity index (χ1v) is 11.9. The van der Waals surface area contributed by atoms with E-state index in [1.54, 1.807) is 14.2 Å². The van der Waals surface area contributed by atoms with Crippen molar-refractivity contribution in [3.63, 3.8) is 0 Å². The first-order valence-electron chi connectivity index (χ1n) is 11.9. The molecular weight excluding hydrogens is 436 g/mol. The van der Waals surface area contributed by atoms with E-state index in [1.165, 1.54) is 5.57 Å². The van der Waals surface area contributed by atoms with Gasteiger partial charge in [-0.3, -0.25) is 0 Å². The average molecular weight is 487 g/mol. The van der Waals surface area contributed by atoms with Gasteiger partial charge in [0.2, 0.25) is 0 Å². The van der Waals surface area contributed by atoms with Crippen LogP contribution in [0.4, 0.5) is 0 Å². The summed E-state index contributed by atoms with van der Waals surface area (Å²) >= 11 is 0. The monoisotopic (exact) mass is 486 g/mol. The Morgan fingerprint density at radius 1 is 0.886 bits per heavy atom. The zero-order valence-electron chi connectivity index (χ0n) is 23.7. The van der Waals surface area contributed by atoms with Crippen LogP contribution < -0.4 is 0 Å². The molecule has 2 unspecified atom stereocenters. The molecule has 0 saturated carbocycles. The maximum atomic E-state index is 8.00. The molecule has 198 valence electrons. The Kier molecular flexibility index (Phi) is 24.0. The molecule has 0 saturated heterocycles. The molecule has 0 aliphatic rings. The van der Waals surface area contributed by atoms with Crippen LogP contribution >= 0.6 is 0 Å². The average Bonchev–Trinajstić information content (AvgIpc) is 2.84. The van der Waals surface area contributed by atoms with Gasteiger partial charge in [0, 0.05) is 7.11 Å². The van der Waals surface area contributed by atoms with E-state index in [1.807, 2.05) is 26.7 Å². The number of hydrogen-bond acceptors (Lipinski definition) is 4. The van der Waals surface area contributed by atoms with E-state index in [4.69, 9.17) is 19.0 Å². The molecule has 0 N–H and O–H groups in total. The summed E-state index contributed by atoms with van der Waals surface area (Å²) in [7, 11) is 3.19. The van der Waals surface area contributed by atoms with Gasteiger partial charge in [0.1, 0.15) is 13.4 Å². The quantitative estimate of drug-likeness (QED) is 0.101. The van der Waals surface area contributed by atoms with Crippen LogP contribution in [0.25, 0.3) is 0 Å². The number of methoxy groups -OCH3 is 2. The van der Waals surface area contributed by atoms with Gasteiger partial charge < -0.3 is 19.0 Å². The third-order valence-electron chi connectivity index (χ3n) is 4.84. The van der Waals surface area contributed by atoms with Gasteiger partial charge in [0.15, 0.2) is 11.5 Å². The molecule has 0 aliphatic heterocycles. The fourth-order valence-corrected chi connectivity index (χ4v) is 2.36. The highest BCUT2D eigenvalue weighted by atomic mass is 16.5. The van der Waals surface area contributed by atoms with E-state index in [0.717, 1.165) is 35.1 Å². The van der Waals surface area contributed by atoms with E-state index in [0.29, 0.717) is 30.6 Å². The van der Waals surface area contributed by atoms with E-state index >= 15 is 0 Å². The van der Waals surface area contributed by atoms with Crippen molar-refractivity contribution in [2.45, 2.75) is 54.4 Å². The Balaban J connectivity index is -0.00000153. The van der Waals surface area contributed by atoms with Crippen LogP contribution in [0.5, 0.6) is 0 Å². The van der Waals surface area contributed by atoms with E-state index < -0.39 is 0 Å². The van der Waals surface area contributed by atoms with Crippen molar-refractivity contribution >= 4 is 6.79 Å². The molecule has 0 aromatic carbocycles. The predicted molar refractivity (Wildman–Crippen MR) is 153 cm³/mol. The zero-order valence-corrected chi connectivity index (χ0v) is 23.7. The van der Waals surface area contributed by atoms with Crippen LogP contribution in [0.2, 0.25) is 0 Å². The molecule has 4 nitrogen and oxygen atoms in total. The maximum Gasteiger partial charge on any atom is 0.161 e. The van der Waals surface area contributed by atoms with E-state index in [9.17, 15) is 0 Å². The Labute approximate surface area is 216 Å². The fourth-order valence-electron chi connectivity index (χ4n) is 2.36. The largest absolute Gasteiger partial charge is 0.493 e. The number of rotatable bonds is 15. The van der Waals surface area contributed by atoms with Crippen LogP contribution in [0.3, 0.4) is 0 Å². The molecule has 0 bridgehead atoms. The lowest BCUT2D eigenvalue weighted by Crippen LogP contribution is -2.05. The highest BCUT2D eigenvalue weighted by Gasteiger charge is 2.11. The molecular formula is C31H50O4. The van der Waals surface area contributed by atoms with Crippen molar-refractivity contribution < 1.29 is 19.0 Å². The number of carbonyl (C=O) groups excluding carboxylic acids is 1. The topological polar surface area (TPSA) is 44.8 Å². The molecule has 0 aromatic rings. The third-order valence-corrected chi connectivity index (χ3v) is 4.84. The summed E-state index contributed by atoms with van der Waals surface area (Å²) in [5.74, 6) is 1.80. The Morgan fingerprint density at radius 3 is 1.86 bits per heavy atom. The molecule has 0 fully saturated rings. The third kappa shape index (κ3) is 19.2. The molecule has 0 amide bonds. The highest BCUT2D eigenvalue weighted by molar-refractivity contribution is 5.52. The van der Waals surface area contributed by atoms with Gasteiger partial charge in [-0.2, -0.15) is 0 Å². The summed E-state index contributed by atoms with van der Waals surface area (Å²) in [6.07, 6.45) is 10.4. The molecule has 0 heterocycles. The highest BCUT2D eigenvalue weighted by Crippen LogP contribution is 2.26. The molecule has 4 heteroatoms. The van der Waals surface area contributed by atoms with Gasteiger partial charge in [-0.1, -0.05) is 84.2 Å². The Hall–Kier alpha value is -2.85. The molecule has 35 heavy (non-hydrogen) atoms. The minimum Gasteiger partial charge on any atom is -0.493 e. The number of hydrogen-bond donors (Lipinski definition) is 0. The van der Waals surface area contributed by atoms with Gasteiger partial charge in [-0.15, -0.1) is 6.58 Å². The minimum atomic E-state index is 0.267. The van der Waals surface area contributed by atoms with Crippen molar-refractivity contribution in [2.75, 3.05) is 27.4 Å². The van der Waals surface area contributed by atoms with Crippen molar-refractivity contribution in [1.29, 1.82) is 0 Å². The SMILES string of the molecule is C=C(/C=C(/OCCOC)C(=C)OC)C(=C)/C(=C\C(=C)C(C)/C=C\C(C)CC)CC.C=C(C)C.C=O. The van der Waals surface area contributed by atoms with Crippen molar-refractivity contribution in [3.8, 4) is 0 Å². The summed E-state index contributed by atoms with van der Waals surface area (Å²) in [6, 6.07) is 0. The molecule has 0 rings (SSSR count). The predicted octanol–water partition coefficient (Wildman–Crippen LogP) is 8.33. The van der Waals surface area contributed by atoms with Crippen molar-refractivity contribution in [1.82, 2.24) is 0 Å². The normalized spacial score (nSPS) is 12.8. The Bertz CT molecular complexity index is 761. The standard InChI is InChI=1S/C26H40O3.C4H8.CH2O/c1-11-19(3)13-14-20(4)21(5)17-25(12-2)23(7)22(6)18-26(24(8)28-10)29-16-15-27-9;1-4(2)3;1-2/h13-14,17-20H,5-8,11-12,15-16H2,1-4,9-10H3;1H2,2-3H3;1H2/b14-13-,25-17-,26-18+;;. The smallest absolute Gasteiger partial charge is 0.161 e. The zero-order chi connectivity index (χ0) is 28.0. The second-order valence-electron chi connectivity index (χ2n) is 8.35. The lowest BCUT2D eigenvalue weighted by Gasteiger charge is -2.16. The van der Waals surface area contributed by atoms with Crippen LogP contribution in [-0.2, 0) is 19.0 Å². The van der Waals surface area contributed by atoms with Crippen LogP contribution in [0.15, 0.2) is 96.6 Å². The summed E-state index contributed by atoms with van der Waals surface area (Å²) in [6.45, 7) is 35.6. The van der Waals surface area contributed by atoms with Crippen LogP contribution in [-0.4, -0.2) is 34.2 Å². The van der Waals surface area contributed by atoms with Crippen molar-refractivity contribution in [2.24, 2.45) is 11.8 Å². The second-order valence-corrected chi connectivity index (χ2v) is 8.35. The summed E-state index contributed by atoms with van der Waals surface area (Å²) in [5, 5.41) is 0. The first-order chi connectivity index (χ1) is 16.4. The maximum absolute atomic E-state index is 8.00. The molecule has 0 radical (unpaired) electrons. The lowest BCUT2D eigenvalue weighted by molar-refractivity contribution is -0.0980. The lowest BCUT2D eigenvalue weighted by atomic mass is 9.92. The second kappa shape index (κ2) is 22.9. The van der Waals surface area contributed by atoms with Gasteiger partial charge >= 0.3 is 0 Å². The van der Waals surface area contributed by atoms with Gasteiger partial charge in [-0.05, 0) is 60.5 Å². The van der Waals surface area contributed by atoms with Gasteiger partial charge in [-0.25, -0.2) is 0 Å². The first kappa shape index (κ1) is 36.7. The van der Waals surface area contributed by atoms with E-state index in [2.05, 4.69) is 78.8 Å². The summed E-state index contributed by atoms with van der Waals surface area (Å²) in [5.41, 5.74) is 4.92. The molecule has 0 spiro atoms. The Morgan fingerprint density at radius 2 is 1.43 bits per heavy atom.